The van der Waals surface area contributed by atoms with Crippen LogP contribution in [0.1, 0.15) is 17.3 Å². The van der Waals surface area contributed by atoms with Gasteiger partial charge in [0.1, 0.15) is 18.2 Å². The van der Waals surface area contributed by atoms with Gasteiger partial charge in [-0.25, -0.2) is 4.98 Å². The van der Waals surface area contributed by atoms with Gasteiger partial charge in [-0.05, 0) is 46.8 Å². The number of rotatable bonds is 9. The molecule has 0 radical (unpaired) electrons. The van der Waals surface area contributed by atoms with Crippen LogP contribution in [0.3, 0.4) is 0 Å². The average molecular weight is 524 g/mol. The van der Waals surface area contributed by atoms with E-state index in [9.17, 15) is 15.0 Å². The number of anilines is 1. The lowest BCUT2D eigenvalue weighted by Crippen LogP contribution is -2.49. The lowest BCUT2D eigenvalue weighted by molar-refractivity contribution is -0.136. The van der Waals surface area contributed by atoms with Crippen LogP contribution in [0.15, 0.2) is 72.9 Å². The van der Waals surface area contributed by atoms with E-state index in [0.717, 1.165) is 51.6 Å². The number of carboxylic acid groups (broad SMARTS) is 1. The maximum atomic E-state index is 11.4. The fourth-order valence-electron chi connectivity index (χ4n) is 5.27. The van der Waals surface area contributed by atoms with Gasteiger partial charge in [-0.3, -0.25) is 14.4 Å². The minimum absolute atomic E-state index is 0.112. The first-order chi connectivity index (χ1) is 19.0. The number of nitrogens with two attached hydrogens (primary N) is 1. The lowest BCUT2D eigenvalue weighted by Gasteiger charge is -2.39. The Morgan fingerprint density at radius 2 is 1.79 bits per heavy atom. The van der Waals surface area contributed by atoms with Crippen molar-refractivity contribution in [3.05, 3.63) is 84.2 Å². The van der Waals surface area contributed by atoms with E-state index in [1.807, 2.05) is 35.0 Å². The molecule has 1 aliphatic rings. The Morgan fingerprint density at radius 3 is 2.59 bits per heavy atom. The largest absolute Gasteiger partial charge is 0.487 e. The number of para-hydroxylation sites is 1. The first-order valence-corrected chi connectivity index (χ1v) is 12.9. The average Bonchev–Trinajstić information content (AvgIpc) is 3.27. The Bertz CT molecular complexity index is 1680. The summed E-state index contributed by atoms with van der Waals surface area (Å²) in [5, 5.41) is 26.5. The number of β-amino-alcohol motifs (C(OH)–C–C–N with tert-alkyl or cyclic N) is 1. The van der Waals surface area contributed by atoms with Gasteiger partial charge < -0.3 is 20.7 Å². The third-order valence-electron chi connectivity index (χ3n) is 7.31. The van der Waals surface area contributed by atoms with Crippen molar-refractivity contribution in [3.8, 4) is 16.9 Å². The van der Waals surface area contributed by atoms with Crippen LogP contribution in [0.4, 0.5) is 5.82 Å². The normalized spacial score (nSPS) is 14.1. The molecule has 0 spiro atoms. The Hall–Kier alpha value is -4.47. The van der Waals surface area contributed by atoms with Crippen LogP contribution in [-0.2, 0) is 17.8 Å². The number of aliphatic hydroxyl groups is 1. The van der Waals surface area contributed by atoms with Crippen molar-refractivity contribution in [3.63, 3.8) is 0 Å². The van der Waals surface area contributed by atoms with Crippen LogP contribution in [-0.4, -0.2) is 62.1 Å². The summed E-state index contributed by atoms with van der Waals surface area (Å²) in [6, 6.07) is 21.7. The van der Waals surface area contributed by atoms with E-state index in [2.05, 4.69) is 34.1 Å². The number of nitrogens with zero attached hydrogens (tertiary/aromatic N) is 4. The molecule has 3 aromatic carbocycles. The number of fused-ring (bicyclic) bond motifs is 2. The molecule has 6 rings (SSSR count). The van der Waals surface area contributed by atoms with Crippen LogP contribution in [0, 0.1) is 0 Å². The molecule has 3 heterocycles. The second kappa shape index (κ2) is 10.4. The molecule has 0 atom stereocenters. The molecule has 0 saturated carbocycles. The molecule has 1 aliphatic heterocycles. The third-order valence-corrected chi connectivity index (χ3v) is 7.31. The van der Waals surface area contributed by atoms with Gasteiger partial charge in [-0.2, -0.15) is 5.10 Å². The highest BCUT2D eigenvalue weighted by Gasteiger charge is 2.31. The van der Waals surface area contributed by atoms with Crippen molar-refractivity contribution < 1.29 is 19.7 Å². The van der Waals surface area contributed by atoms with Gasteiger partial charge in [0.25, 0.3) is 0 Å². The fourth-order valence-corrected chi connectivity index (χ4v) is 5.27. The molecule has 1 fully saturated rings. The topological polar surface area (TPSA) is 127 Å². The molecular formula is C30H29N5O4. The molecule has 9 nitrogen and oxygen atoms in total. The fraction of sp³-hybridized carbons (Fsp3) is 0.233. The Kier molecular flexibility index (Phi) is 6.60. The molecule has 39 heavy (non-hydrogen) atoms. The van der Waals surface area contributed by atoms with E-state index in [1.54, 1.807) is 18.3 Å². The summed E-state index contributed by atoms with van der Waals surface area (Å²) in [7, 11) is 0. The van der Waals surface area contributed by atoms with Crippen LogP contribution < -0.4 is 10.5 Å². The van der Waals surface area contributed by atoms with Gasteiger partial charge in [0, 0.05) is 42.2 Å². The summed E-state index contributed by atoms with van der Waals surface area (Å²) in [6.07, 6.45) is 1.60. The zero-order valence-corrected chi connectivity index (χ0v) is 21.3. The molecule has 0 bridgehead atoms. The van der Waals surface area contributed by atoms with Gasteiger partial charge in [0.2, 0.25) is 0 Å². The van der Waals surface area contributed by atoms with Gasteiger partial charge in [0.15, 0.2) is 0 Å². The molecule has 9 heteroatoms. The molecule has 4 N–H and O–H groups in total. The molecule has 5 aromatic rings. The van der Waals surface area contributed by atoms with E-state index in [4.69, 9.17) is 15.6 Å². The van der Waals surface area contributed by atoms with E-state index in [-0.39, 0.29) is 25.7 Å². The monoisotopic (exact) mass is 523 g/mol. The number of aromatic nitrogens is 3. The highest BCUT2D eigenvalue weighted by molar-refractivity contribution is 5.95. The van der Waals surface area contributed by atoms with Crippen molar-refractivity contribution in [2.75, 3.05) is 32.0 Å². The number of nitrogen functional groups attached to an aromatic ring is 1. The molecule has 0 aliphatic carbocycles. The first kappa shape index (κ1) is 24.8. The SMILES string of the molecule is Nc1nccc2ccc(-c3ccc4nn(C5CN(CCO)C5)c(COc5ccccc5CC(=O)O)c4c3)cc12. The first-order valence-electron chi connectivity index (χ1n) is 12.9. The van der Waals surface area contributed by atoms with Crippen LogP contribution in [0.2, 0.25) is 0 Å². The number of likely N-dealkylation sites (tertiary alicyclic amines) is 1. The maximum absolute atomic E-state index is 11.4. The minimum atomic E-state index is -0.907. The van der Waals surface area contributed by atoms with Crippen molar-refractivity contribution in [2.24, 2.45) is 0 Å². The van der Waals surface area contributed by atoms with E-state index in [0.29, 0.717) is 23.7 Å². The smallest absolute Gasteiger partial charge is 0.307 e. The molecule has 198 valence electrons. The number of hydrogen-bond acceptors (Lipinski definition) is 7. The van der Waals surface area contributed by atoms with E-state index < -0.39 is 5.97 Å². The number of aliphatic hydroxyl groups excluding tert-OH is 1. The number of carbonyl (C=O) groups is 1. The number of ether oxygens (including phenoxy) is 1. The van der Waals surface area contributed by atoms with Crippen molar-refractivity contribution in [1.82, 2.24) is 19.7 Å². The van der Waals surface area contributed by atoms with Crippen molar-refractivity contribution >= 4 is 33.5 Å². The quantitative estimate of drug-likeness (QED) is 0.266. The summed E-state index contributed by atoms with van der Waals surface area (Å²) >= 11 is 0. The standard InChI is InChI=1S/C30H29N5O4/c31-30-24-13-20(6-5-19(24)9-10-32-30)21-7-8-26-25(14-21)27(35(33-26)23-16-34(17-23)11-12-36)18-39-28-4-2-1-3-22(28)15-29(37)38/h1-10,13-14,23,36H,11-12,15-18H2,(H2,31,32)(H,37,38). The Morgan fingerprint density at radius 1 is 1.03 bits per heavy atom. The van der Waals surface area contributed by atoms with Crippen LogP contribution in [0.25, 0.3) is 32.8 Å². The summed E-state index contributed by atoms with van der Waals surface area (Å²) in [4.78, 5) is 17.8. The third kappa shape index (κ3) is 4.89. The van der Waals surface area contributed by atoms with Crippen molar-refractivity contribution in [1.29, 1.82) is 0 Å². The minimum Gasteiger partial charge on any atom is -0.487 e. The maximum Gasteiger partial charge on any atom is 0.307 e. The van der Waals surface area contributed by atoms with E-state index in [1.165, 1.54) is 0 Å². The summed E-state index contributed by atoms with van der Waals surface area (Å²) in [5.74, 6) is 0.135. The summed E-state index contributed by atoms with van der Waals surface area (Å²) in [5.41, 5.74) is 10.6. The summed E-state index contributed by atoms with van der Waals surface area (Å²) in [6.45, 7) is 2.58. The predicted molar refractivity (Wildman–Crippen MR) is 150 cm³/mol. The number of benzene rings is 3. The zero-order chi connectivity index (χ0) is 26.9. The molecule has 1 saturated heterocycles. The lowest BCUT2D eigenvalue weighted by atomic mass is 10.00. The molecule has 0 unspecified atom stereocenters. The van der Waals surface area contributed by atoms with Gasteiger partial charge >= 0.3 is 5.97 Å². The Labute approximate surface area is 225 Å². The van der Waals surface area contributed by atoms with Crippen LogP contribution in [0.5, 0.6) is 5.75 Å². The second-order valence-electron chi connectivity index (χ2n) is 9.86. The molecule has 0 amide bonds. The number of carboxylic acids is 1. The Balaban J connectivity index is 1.39. The molecule has 2 aromatic heterocycles. The van der Waals surface area contributed by atoms with Gasteiger partial charge in [-0.15, -0.1) is 0 Å². The number of aliphatic carboxylic acids is 1. The van der Waals surface area contributed by atoms with Gasteiger partial charge in [-0.1, -0.05) is 36.4 Å². The van der Waals surface area contributed by atoms with Gasteiger partial charge in [0.05, 0.1) is 30.3 Å². The van der Waals surface area contributed by atoms with E-state index >= 15 is 0 Å². The second-order valence-corrected chi connectivity index (χ2v) is 9.86. The van der Waals surface area contributed by atoms with Crippen LogP contribution >= 0.6 is 0 Å². The number of hydrogen-bond donors (Lipinski definition) is 3. The highest BCUT2D eigenvalue weighted by atomic mass is 16.5. The number of pyridine rings is 1. The predicted octanol–water partition coefficient (Wildman–Crippen LogP) is 3.89. The summed E-state index contributed by atoms with van der Waals surface area (Å²) < 4.78 is 8.27. The zero-order valence-electron chi connectivity index (χ0n) is 21.3. The highest BCUT2D eigenvalue weighted by Crippen LogP contribution is 2.33. The molecular weight excluding hydrogens is 494 g/mol. The van der Waals surface area contributed by atoms with Crippen molar-refractivity contribution in [2.45, 2.75) is 19.1 Å².